The zero-order chi connectivity index (χ0) is 18.8. The molecule has 0 spiro atoms. The average Bonchev–Trinajstić information content (AvgIpc) is 3.31. The van der Waals surface area contributed by atoms with Gasteiger partial charge in [-0.05, 0) is 24.4 Å². The molecular weight excluding hydrogens is 403 g/mol. The highest BCUT2D eigenvalue weighted by Gasteiger charge is 2.12. The zero-order valence-electron chi connectivity index (χ0n) is 13.7. The minimum atomic E-state index is 0.343. The van der Waals surface area contributed by atoms with Gasteiger partial charge in [0.25, 0.3) is 0 Å². The van der Waals surface area contributed by atoms with Gasteiger partial charge in [0.1, 0.15) is 5.69 Å². The van der Waals surface area contributed by atoms with Gasteiger partial charge in [0.05, 0.1) is 22.0 Å². The first kappa shape index (κ1) is 17.7. The molecule has 9 heteroatoms. The number of halogens is 2. The summed E-state index contributed by atoms with van der Waals surface area (Å²) in [6, 6.07) is 17.0. The van der Waals surface area contributed by atoms with Gasteiger partial charge in [0.2, 0.25) is 10.6 Å². The molecule has 0 aliphatic heterocycles. The maximum atomic E-state index is 6.20. The van der Waals surface area contributed by atoms with Gasteiger partial charge in [-0.15, -0.1) is 0 Å². The third-order valence-corrected chi connectivity index (χ3v) is 4.93. The van der Waals surface area contributed by atoms with Crippen LogP contribution in [0.4, 0.5) is 0 Å². The van der Waals surface area contributed by atoms with E-state index in [2.05, 4.69) is 25.5 Å². The van der Waals surface area contributed by atoms with Crippen LogP contribution in [0.5, 0.6) is 0 Å². The molecule has 0 unspecified atom stereocenters. The van der Waals surface area contributed by atoms with Crippen LogP contribution in [-0.2, 0) is 0 Å². The topological polar surface area (TPSA) is 74.7 Å². The smallest absolute Gasteiger partial charge is 0.216 e. The lowest BCUT2D eigenvalue weighted by atomic mass is 10.1. The van der Waals surface area contributed by atoms with E-state index >= 15 is 0 Å². The number of nitrogens with one attached hydrogen (secondary N) is 2. The Morgan fingerprint density at radius 2 is 1.81 bits per heavy atom. The summed E-state index contributed by atoms with van der Waals surface area (Å²) in [5, 5.41) is 19.6. The van der Waals surface area contributed by atoms with Crippen molar-refractivity contribution in [2.45, 2.75) is 0 Å². The van der Waals surface area contributed by atoms with Gasteiger partial charge in [-0.2, -0.15) is 20.0 Å². The van der Waals surface area contributed by atoms with Crippen molar-refractivity contribution in [2.24, 2.45) is 5.10 Å². The second kappa shape index (κ2) is 7.48. The third kappa shape index (κ3) is 3.57. The first-order valence-electron chi connectivity index (χ1n) is 7.90. The Morgan fingerprint density at radius 3 is 2.63 bits per heavy atom. The fourth-order valence-electron chi connectivity index (χ4n) is 2.51. The van der Waals surface area contributed by atoms with E-state index in [1.54, 1.807) is 18.3 Å². The van der Waals surface area contributed by atoms with Crippen molar-refractivity contribution in [3.05, 3.63) is 75.0 Å². The average molecular weight is 415 g/mol. The number of benzene rings is 2. The zero-order valence-corrected chi connectivity index (χ0v) is 16.1. The largest absolute Gasteiger partial charge is 0.274 e. The highest BCUT2D eigenvalue weighted by Crippen LogP contribution is 2.25. The molecule has 0 fully saturated rings. The molecule has 2 aromatic heterocycles. The van der Waals surface area contributed by atoms with Crippen molar-refractivity contribution in [2.75, 3.05) is 0 Å². The van der Waals surface area contributed by atoms with Crippen LogP contribution in [0.1, 0.15) is 5.56 Å². The highest BCUT2D eigenvalue weighted by atomic mass is 35.5. The van der Waals surface area contributed by atoms with Crippen LogP contribution < -0.4 is 0 Å². The van der Waals surface area contributed by atoms with Crippen LogP contribution in [0, 0.1) is 4.77 Å². The number of rotatable bonds is 4. The minimum absolute atomic E-state index is 0.343. The molecule has 0 bridgehead atoms. The quantitative estimate of drug-likeness (QED) is 0.356. The van der Waals surface area contributed by atoms with Crippen LogP contribution in [0.15, 0.2) is 59.7 Å². The summed E-state index contributed by atoms with van der Waals surface area (Å²) in [5.74, 6) is 0.504. The van der Waals surface area contributed by atoms with Gasteiger partial charge in [-0.1, -0.05) is 65.7 Å². The number of hydrogen-bond acceptors (Lipinski definition) is 4. The van der Waals surface area contributed by atoms with Gasteiger partial charge in [0, 0.05) is 11.1 Å². The van der Waals surface area contributed by atoms with Crippen molar-refractivity contribution in [1.82, 2.24) is 25.1 Å². The Labute approximate surface area is 169 Å². The predicted octanol–water partition coefficient (Wildman–Crippen LogP) is 5.19. The standard InChI is InChI=1S/C18H12Cl2N6S/c19-13-8-4-7-12(16(13)20)10-21-26-17(24-25-18(26)27)15-9-14(22-23-15)11-5-2-1-3-6-11/h1-10H,(H,22,23)(H,25,27)/b21-10-. The second-order valence-corrected chi connectivity index (χ2v) is 6.76. The van der Waals surface area contributed by atoms with E-state index in [0.717, 1.165) is 11.3 Å². The minimum Gasteiger partial charge on any atom is -0.274 e. The number of hydrogen-bond donors (Lipinski definition) is 2. The predicted molar refractivity (Wildman–Crippen MR) is 110 cm³/mol. The van der Waals surface area contributed by atoms with Gasteiger partial charge in [-0.3, -0.25) is 5.10 Å². The van der Waals surface area contributed by atoms with Crippen LogP contribution in [0.3, 0.4) is 0 Å². The Morgan fingerprint density at radius 1 is 1.00 bits per heavy atom. The fourth-order valence-corrected chi connectivity index (χ4v) is 3.04. The van der Waals surface area contributed by atoms with Gasteiger partial charge < -0.3 is 0 Å². The fraction of sp³-hybridized carbons (Fsp3) is 0. The third-order valence-electron chi connectivity index (χ3n) is 3.83. The van der Waals surface area contributed by atoms with E-state index in [4.69, 9.17) is 35.4 Å². The van der Waals surface area contributed by atoms with Crippen molar-refractivity contribution in [3.8, 4) is 22.8 Å². The van der Waals surface area contributed by atoms with Crippen LogP contribution in [-0.4, -0.2) is 31.3 Å². The van der Waals surface area contributed by atoms with Crippen molar-refractivity contribution >= 4 is 41.6 Å². The van der Waals surface area contributed by atoms with Gasteiger partial charge in [0.15, 0.2) is 0 Å². The molecule has 0 radical (unpaired) electrons. The summed E-state index contributed by atoms with van der Waals surface area (Å²) in [4.78, 5) is 0. The summed E-state index contributed by atoms with van der Waals surface area (Å²) in [7, 11) is 0. The normalized spacial score (nSPS) is 11.3. The van der Waals surface area contributed by atoms with Gasteiger partial charge in [-0.25, -0.2) is 5.10 Å². The molecule has 134 valence electrons. The summed E-state index contributed by atoms with van der Waals surface area (Å²) in [6.45, 7) is 0. The van der Waals surface area contributed by atoms with Gasteiger partial charge >= 0.3 is 0 Å². The molecule has 0 aliphatic rings. The Kier molecular flexibility index (Phi) is 4.89. The Hall–Kier alpha value is -2.74. The number of nitrogens with zero attached hydrogens (tertiary/aromatic N) is 4. The number of aromatic amines is 2. The van der Waals surface area contributed by atoms with E-state index in [-0.39, 0.29) is 0 Å². The Balaban J connectivity index is 1.71. The van der Waals surface area contributed by atoms with Crippen LogP contribution >= 0.6 is 35.4 Å². The summed E-state index contributed by atoms with van der Waals surface area (Å²) in [5.41, 5.74) is 3.14. The monoisotopic (exact) mass is 414 g/mol. The molecule has 0 aliphatic carbocycles. The van der Waals surface area contributed by atoms with E-state index in [1.165, 1.54) is 4.68 Å². The molecule has 4 aromatic rings. The molecule has 2 aromatic carbocycles. The molecule has 0 atom stereocenters. The lowest BCUT2D eigenvalue weighted by Gasteiger charge is -2.01. The van der Waals surface area contributed by atoms with Crippen LogP contribution in [0.2, 0.25) is 10.0 Å². The molecule has 4 rings (SSSR count). The second-order valence-electron chi connectivity index (χ2n) is 5.58. The number of aromatic nitrogens is 5. The summed E-state index contributed by atoms with van der Waals surface area (Å²) in [6.07, 6.45) is 1.58. The lowest BCUT2D eigenvalue weighted by molar-refractivity contribution is 0.865. The maximum absolute atomic E-state index is 6.20. The Bertz CT molecular complexity index is 1180. The lowest BCUT2D eigenvalue weighted by Crippen LogP contribution is -1.95. The molecule has 0 saturated heterocycles. The summed E-state index contributed by atoms with van der Waals surface area (Å²) < 4.78 is 1.84. The van der Waals surface area contributed by atoms with Crippen molar-refractivity contribution < 1.29 is 0 Å². The molecule has 2 N–H and O–H groups in total. The summed E-state index contributed by atoms with van der Waals surface area (Å²) >= 11 is 17.5. The van der Waals surface area contributed by atoms with Crippen molar-refractivity contribution in [3.63, 3.8) is 0 Å². The van der Waals surface area contributed by atoms with E-state index in [1.807, 2.05) is 42.5 Å². The molecular formula is C18H12Cl2N6S. The van der Waals surface area contributed by atoms with E-state index in [0.29, 0.717) is 31.9 Å². The first-order valence-corrected chi connectivity index (χ1v) is 9.07. The molecule has 27 heavy (non-hydrogen) atoms. The van der Waals surface area contributed by atoms with E-state index in [9.17, 15) is 0 Å². The molecule has 0 amide bonds. The highest BCUT2D eigenvalue weighted by molar-refractivity contribution is 7.71. The molecule has 2 heterocycles. The first-order chi connectivity index (χ1) is 13.1. The molecule has 6 nitrogen and oxygen atoms in total. The van der Waals surface area contributed by atoms with Crippen molar-refractivity contribution in [1.29, 1.82) is 0 Å². The maximum Gasteiger partial charge on any atom is 0.216 e. The van der Waals surface area contributed by atoms with E-state index < -0.39 is 0 Å². The SMILES string of the molecule is S=c1[nH]nc(-c2cc(-c3ccccc3)n[nH]2)n1/N=C\c1cccc(Cl)c1Cl. The molecule has 0 saturated carbocycles. The number of H-pyrrole nitrogens is 2. The van der Waals surface area contributed by atoms with Crippen LogP contribution in [0.25, 0.3) is 22.8 Å².